The van der Waals surface area contributed by atoms with Gasteiger partial charge in [-0.05, 0) is 89.5 Å². The molecule has 0 fully saturated rings. The monoisotopic (exact) mass is 521 g/mol. The Morgan fingerprint density at radius 3 is 2.61 bits per heavy atom. The van der Waals surface area contributed by atoms with Crippen molar-refractivity contribution in [3.05, 3.63) is 98.4 Å². The summed E-state index contributed by atoms with van der Waals surface area (Å²) in [5.41, 5.74) is 9.26. The van der Waals surface area contributed by atoms with Crippen LogP contribution in [0, 0.1) is 24.3 Å². The zero-order valence-electron chi connectivity index (χ0n) is 17.8. The normalized spacial score (nSPS) is 11.4. The number of hydrazone groups is 1. The molecule has 0 unspecified atom stereocenters. The number of hydrogen-bond donors (Lipinski definition) is 1. The van der Waals surface area contributed by atoms with Crippen molar-refractivity contribution in [1.82, 2.24) is 9.99 Å². The molecule has 5 heteroatoms. The molecular formula is C26H24IN3O. The van der Waals surface area contributed by atoms with Gasteiger partial charge in [-0.25, -0.2) is 5.43 Å². The van der Waals surface area contributed by atoms with Gasteiger partial charge in [0.1, 0.15) is 0 Å². The third-order valence-corrected chi connectivity index (χ3v) is 6.70. The Hall–Kier alpha value is -2.93. The minimum Gasteiger partial charge on any atom is -0.318 e. The van der Waals surface area contributed by atoms with Gasteiger partial charge in [-0.2, -0.15) is 5.10 Å². The van der Waals surface area contributed by atoms with Crippen molar-refractivity contribution in [2.45, 2.75) is 27.2 Å². The average molecular weight is 521 g/mol. The topological polar surface area (TPSA) is 46.4 Å². The second-order valence-electron chi connectivity index (χ2n) is 7.70. The van der Waals surface area contributed by atoms with E-state index in [4.69, 9.17) is 0 Å². The van der Waals surface area contributed by atoms with Crippen molar-refractivity contribution in [2.24, 2.45) is 5.10 Å². The van der Waals surface area contributed by atoms with Crippen LogP contribution in [0.15, 0.2) is 71.8 Å². The van der Waals surface area contributed by atoms with E-state index < -0.39 is 0 Å². The fourth-order valence-corrected chi connectivity index (χ4v) is 4.25. The minimum atomic E-state index is -0.130. The molecule has 4 rings (SSSR count). The van der Waals surface area contributed by atoms with Crippen LogP contribution < -0.4 is 5.43 Å². The summed E-state index contributed by atoms with van der Waals surface area (Å²) in [6, 6.07) is 22.7. The van der Waals surface area contributed by atoms with Gasteiger partial charge in [0.05, 0.1) is 12.6 Å². The Labute approximate surface area is 196 Å². The van der Waals surface area contributed by atoms with E-state index in [1.165, 1.54) is 9.13 Å². The molecule has 0 radical (unpaired) electrons. The van der Waals surface area contributed by atoms with E-state index in [2.05, 4.69) is 94.9 Å². The minimum absolute atomic E-state index is 0.130. The van der Waals surface area contributed by atoms with Crippen LogP contribution in [0.5, 0.6) is 0 Å². The number of hydrogen-bond acceptors (Lipinski definition) is 2. The molecule has 0 aliphatic carbocycles. The standard InChI is InChI=1S/C26H24IN3O/c1-17-13-23(11-12-25(17)27)30-18(2)14-22(19(30)3)16-28-29-26(31)15-21-9-6-8-20-7-4-5-10-24(20)21/h4-14,16H,15H2,1-3H3,(H,29,31)/b28-16-. The summed E-state index contributed by atoms with van der Waals surface area (Å²) in [6.07, 6.45) is 2.01. The van der Waals surface area contributed by atoms with Crippen molar-refractivity contribution in [3.8, 4) is 5.69 Å². The number of halogens is 1. The molecule has 1 amide bonds. The fourth-order valence-electron chi connectivity index (χ4n) is 3.92. The third-order valence-electron chi connectivity index (χ3n) is 5.49. The van der Waals surface area contributed by atoms with E-state index in [1.807, 2.05) is 30.3 Å². The largest absolute Gasteiger partial charge is 0.318 e. The highest BCUT2D eigenvalue weighted by Crippen LogP contribution is 2.23. The Bertz CT molecular complexity index is 1300. The summed E-state index contributed by atoms with van der Waals surface area (Å²) in [5.74, 6) is -0.130. The van der Waals surface area contributed by atoms with E-state index in [1.54, 1.807) is 6.21 Å². The van der Waals surface area contributed by atoms with Gasteiger partial charge in [-0.15, -0.1) is 0 Å². The lowest BCUT2D eigenvalue weighted by atomic mass is 10.0. The highest BCUT2D eigenvalue weighted by Gasteiger charge is 2.11. The zero-order valence-corrected chi connectivity index (χ0v) is 20.0. The van der Waals surface area contributed by atoms with Crippen molar-refractivity contribution in [1.29, 1.82) is 0 Å². The first-order chi connectivity index (χ1) is 14.9. The van der Waals surface area contributed by atoms with E-state index in [0.29, 0.717) is 6.42 Å². The summed E-state index contributed by atoms with van der Waals surface area (Å²) < 4.78 is 3.46. The molecule has 1 N–H and O–H groups in total. The Balaban J connectivity index is 1.49. The van der Waals surface area contributed by atoms with Crippen molar-refractivity contribution < 1.29 is 4.79 Å². The fraction of sp³-hybridized carbons (Fsp3) is 0.154. The second-order valence-corrected chi connectivity index (χ2v) is 8.87. The van der Waals surface area contributed by atoms with Gasteiger partial charge in [0.25, 0.3) is 0 Å². The number of carbonyl (C=O) groups excluding carboxylic acids is 1. The summed E-state index contributed by atoms with van der Waals surface area (Å²) in [6.45, 7) is 6.27. The third kappa shape index (κ3) is 4.56. The highest BCUT2D eigenvalue weighted by atomic mass is 127. The van der Waals surface area contributed by atoms with Gasteiger partial charge < -0.3 is 4.57 Å². The predicted molar refractivity (Wildman–Crippen MR) is 136 cm³/mol. The Morgan fingerprint density at radius 2 is 1.81 bits per heavy atom. The van der Waals surface area contributed by atoms with E-state index in [0.717, 1.165) is 39.0 Å². The lowest BCUT2D eigenvalue weighted by Crippen LogP contribution is -2.19. The van der Waals surface area contributed by atoms with Gasteiger partial charge >= 0.3 is 0 Å². The number of nitrogens with zero attached hydrogens (tertiary/aromatic N) is 2. The molecule has 3 aromatic carbocycles. The number of nitrogens with one attached hydrogen (secondary N) is 1. The first kappa shape index (κ1) is 21.3. The number of benzene rings is 3. The average Bonchev–Trinajstić information content (AvgIpc) is 3.03. The zero-order chi connectivity index (χ0) is 22.0. The second kappa shape index (κ2) is 9.06. The summed E-state index contributed by atoms with van der Waals surface area (Å²) in [5, 5.41) is 6.45. The van der Waals surface area contributed by atoms with Crippen LogP contribution in [0.2, 0.25) is 0 Å². The van der Waals surface area contributed by atoms with E-state index in [9.17, 15) is 4.79 Å². The molecule has 0 saturated carbocycles. The molecule has 156 valence electrons. The van der Waals surface area contributed by atoms with Crippen molar-refractivity contribution >= 4 is 45.5 Å². The van der Waals surface area contributed by atoms with Crippen LogP contribution in [-0.2, 0) is 11.2 Å². The molecular weight excluding hydrogens is 497 g/mol. The maximum Gasteiger partial charge on any atom is 0.244 e. The number of aromatic nitrogens is 1. The smallest absolute Gasteiger partial charge is 0.244 e. The van der Waals surface area contributed by atoms with Crippen LogP contribution >= 0.6 is 22.6 Å². The number of rotatable bonds is 5. The molecule has 0 bridgehead atoms. The molecule has 4 aromatic rings. The Kier molecular flexibility index (Phi) is 6.23. The lowest BCUT2D eigenvalue weighted by Gasteiger charge is -2.11. The summed E-state index contributed by atoms with van der Waals surface area (Å²) in [7, 11) is 0. The molecule has 0 atom stereocenters. The molecule has 1 aromatic heterocycles. The van der Waals surface area contributed by atoms with Gasteiger partial charge in [0.15, 0.2) is 0 Å². The van der Waals surface area contributed by atoms with Gasteiger partial charge in [0, 0.05) is 26.2 Å². The van der Waals surface area contributed by atoms with Gasteiger partial charge in [0.2, 0.25) is 5.91 Å². The molecule has 1 heterocycles. The van der Waals surface area contributed by atoms with Crippen LogP contribution in [0.1, 0.15) is 28.1 Å². The molecule has 0 aliphatic rings. The van der Waals surface area contributed by atoms with Gasteiger partial charge in [-0.1, -0.05) is 42.5 Å². The van der Waals surface area contributed by atoms with E-state index in [-0.39, 0.29) is 5.91 Å². The molecule has 0 spiro atoms. The first-order valence-electron chi connectivity index (χ1n) is 10.2. The van der Waals surface area contributed by atoms with Gasteiger partial charge in [-0.3, -0.25) is 4.79 Å². The molecule has 0 saturated heterocycles. The quantitative estimate of drug-likeness (QED) is 0.200. The maximum atomic E-state index is 12.5. The van der Waals surface area contributed by atoms with Crippen LogP contribution in [0.3, 0.4) is 0 Å². The van der Waals surface area contributed by atoms with Crippen molar-refractivity contribution in [3.63, 3.8) is 0 Å². The Morgan fingerprint density at radius 1 is 1.03 bits per heavy atom. The predicted octanol–water partition coefficient (Wildman–Crippen LogP) is 5.85. The number of carbonyl (C=O) groups is 1. The molecule has 0 aliphatic heterocycles. The van der Waals surface area contributed by atoms with Crippen LogP contribution in [-0.4, -0.2) is 16.7 Å². The molecule has 31 heavy (non-hydrogen) atoms. The maximum absolute atomic E-state index is 12.5. The van der Waals surface area contributed by atoms with Crippen LogP contribution in [0.25, 0.3) is 16.5 Å². The summed E-state index contributed by atoms with van der Waals surface area (Å²) >= 11 is 2.35. The SMILES string of the molecule is Cc1cc(-n2c(C)cc(/C=N\NC(=O)Cc3cccc4ccccc34)c2C)ccc1I. The summed E-state index contributed by atoms with van der Waals surface area (Å²) in [4.78, 5) is 12.5. The highest BCUT2D eigenvalue weighted by molar-refractivity contribution is 14.1. The lowest BCUT2D eigenvalue weighted by molar-refractivity contribution is -0.120. The number of aryl methyl sites for hydroxylation is 2. The number of amides is 1. The first-order valence-corrected chi connectivity index (χ1v) is 11.3. The number of fused-ring (bicyclic) bond motifs is 1. The van der Waals surface area contributed by atoms with Crippen molar-refractivity contribution in [2.75, 3.05) is 0 Å². The van der Waals surface area contributed by atoms with E-state index >= 15 is 0 Å². The molecule has 4 nitrogen and oxygen atoms in total. The van der Waals surface area contributed by atoms with Crippen LogP contribution in [0.4, 0.5) is 0 Å².